The first-order valence-corrected chi connectivity index (χ1v) is 3.70. The number of rotatable bonds is 1. The first kappa shape index (κ1) is 8.71. The van der Waals surface area contributed by atoms with Crippen LogP contribution in [0, 0.1) is 0 Å². The van der Waals surface area contributed by atoms with E-state index in [0.717, 1.165) is 0 Å². The maximum absolute atomic E-state index is 10.8. The molecule has 1 rings (SSSR count). The SMILES string of the molecule is C[C@@H](O)C1=C(Cl)C(=O)C[C@@H]1O. The molecule has 0 fully saturated rings. The molecule has 1 aliphatic rings. The lowest BCUT2D eigenvalue weighted by molar-refractivity contribution is -0.115. The largest absolute Gasteiger partial charge is 0.389 e. The average molecular weight is 177 g/mol. The molecule has 0 radical (unpaired) electrons. The zero-order valence-electron chi connectivity index (χ0n) is 6.04. The molecule has 2 N–H and O–H groups in total. The Bertz CT molecular complexity index is 220. The summed E-state index contributed by atoms with van der Waals surface area (Å²) in [5, 5.41) is 18.2. The molecule has 0 saturated heterocycles. The molecule has 0 heterocycles. The van der Waals surface area contributed by atoms with Crippen LogP contribution in [0.4, 0.5) is 0 Å². The first-order valence-electron chi connectivity index (χ1n) is 3.33. The maximum atomic E-state index is 10.8. The molecule has 0 aliphatic heterocycles. The summed E-state index contributed by atoms with van der Waals surface area (Å²) in [6.07, 6.45) is -1.74. The Morgan fingerprint density at radius 3 is 2.45 bits per heavy atom. The third-order valence-electron chi connectivity index (χ3n) is 1.69. The number of Topliss-reactive ketones (excluding diaryl/α,β-unsaturated/α-hetero) is 1. The Morgan fingerprint density at radius 1 is 1.73 bits per heavy atom. The van der Waals surface area contributed by atoms with Gasteiger partial charge in [-0.05, 0) is 6.92 Å². The number of hydrogen-bond donors (Lipinski definition) is 2. The predicted octanol–water partition coefficient (Wildman–Crippen LogP) is 0.194. The highest BCUT2D eigenvalue weighted by atomic mass is 35.5. The van der Waals surface area contributed by atoms with Gasteiger partial charge in [0.2, 0.25) is 0 Å². The third kappa shape index (κ3) is 1.45. The van der Waals surface area contributed by atoms with E-state index in [1.165, 1.54) is 6.92 Å². The van der Waals surface area contributed by atoms with Crippen LogP contribution in [0.25, 0.3) is 0 Å². The topological polar surface area (TPSA) is 57.5 Å². The number of allylic oxidation sites excluding steroid dienone is 1. The molecule has 0 saturated carbocycles. The van der Waals surface area contributed by atoms with E-state index in [-0.39, 0.29) is 22.8 Å². The third-order valence-corrected chi connectivity index (χ3v) is 2.12. The fourth-order valence-electron chi connectivity index (χ4n) is 1.14. The molecular weight excluding hydrogens is 168 g/mol. The Balaban J connectivity index is 2.97. The van der Waals surface area contributed by atoms with E-state index in [2.05, 4.69) is 0 Å². The minimum Gasteiger partial charge on any atom is -0.389 e. The van der Waals surface area contributed by atoms with Crippen molar-refractivity contribution < 1.29 is 15.0 Å². The van der Waals surface area contributed by atoms with Crippen molar-refractivity contribution in [3.63, 3.8) is 0 Å². The number of hydrogen-bond acceptors (Lipinski definition) is 3. The van der Waals surface area contributed by atoms with Gasteiger partial charge in [-0.25, -0.2) is 0 Å². The number of halogens is 1. The van der Waals surface area contributed by atoms with E-state index >= 15 is 0 Å². The van der Waals surface area contributed by atoms with Gasteiger partial charge in [-0.1, -0.05) is 11.6 Å². The van der Waals surface area contributed by atoms with Crippen LogP contribution in [0.15, 0.2) is 10.6 Å². The summed E-state index contributed by atoms with van der Waals surface area (Å²) in [6, 6.07) is 0. The molecule has 0 spiro atoms. The number of aliphatic hydroxyl groups excluding tert-OH is 2. The molecule has 3 nitrogen and oxygen atoms in total. The molecular formula is C7H9ClO3. The number of aliphatic hydroxyl groups is 2. The van der Waals surface area contributed by atoms with Crippen LogP contribution in [0.5, 0.6) is 0 Å². The van der Waals surface area contributed by atoms with Crippen molar-refractivity contribution in [3.05, 3.63) is 10.6 Å². The quantitative estimate of drug-likeness (QED) is 0.600. The van der Waals surface area contributed by atoms with E-state index in [1.54, 1.807) is 0 Å². The minimum absolute atomic E-state index is 0.000926. The van der Waals surface area contributed by atoms with Crippen LogP contribution in [-0.4, -0.2) is 28.2 Å². The minimum atomic E-state index is -0.894. The van der Waals surface area contributed by atoms with Crippen LogP contribution in [-0.2, 0) is 4.79 Å². The van der Waals surface area contributed by atoms with Gasteiger partial charge >= 0.3 is 0 Å². The van der Waals surface area contributed by atoms with Crippen molar-refractivity contribution in [3.8, 4) is 0 Å². The standard InChI is InChI=1S/C7H9ClO3/c1-3(9)6-4(10)2-5(11)7(6)8/h3-4,9-10H,2H2,1H3/t3-,4+/m1/s1. The highest BCUT2D eigenvalue weighted by Gasteiger charge is 2.31. The lowest BCUT2D eigenvalue weighted by atomic mass is 10.1. The summed E-state index contributed by atoms with van der Waals surface area (Å²) >= 11 is 5.53. The summed E-state index contributed by atoms with van der Waals surface area (Å²) in [4.78, 5) is 10.8. The predicted molar refractivity (Wildman–Crippen MR) is 40.2 cm³/mol. The summed E-state index contributed by atoms with van der Waals surface area (Å²) < 4.78 is 0. The van der Waals surface area contributed by atoms with Gasteiger partial charge < -0.3 is 10.2 Å². The lowest BCUT2D eigenvalue weighted by Crippen LogP contribution is -2.15. The highest BCUT2D eigenvalue weighted by Crippen LogP contribution is 2.28. The van der Waals surface area contributed by atoms with E-state index in [9.17, 15) is 9.90 Å². The van der Waals surface area contributed by atoms with E-state index in [4.69, 9.17) is 16.7 Å². The van der Waals surface area contributed by atoms with Crippen LogP contribution in [0.3, 0.4) is 0 Å². The molecule has 0 aromatic rings. The van der Waals surface area contributed by atoms with Crippen LogP contribution >= 0.6 is 11.6 Å². The number of carbonyl (C=O) groups excluding carboxylic acids is 1. The Hall–Kier alpha value is -0.380. The Morgan fingerprint density at radius 2 is 2.27 bits per heavy atom. The van der Waals surface area contributed by atoms with Crippen molar-refractivity contribution in [2.75, 3.05) is 0 Å². The molecule has 11 heavy (non-hydrogen) atoms. The molecule has 0 bridgehead atoms. The normalized spacial score (nSPS) is 28.0. The van der Waals surface area contributed by atoms with Gasteiger partial charge in [-0.15, -0.1) is 0 Å². The van der Waals surface area contributed by atoms with Crippen molar-refractivity contribution in [2.45, 2.75) is 25.6 Å². The first-order chi connectivity index (χ1) is 5.04. The van der Waals surface area contributed by atoms with Crippen molar-refractivity contribution >= 4 is 17.4 Å². The molecule has 0 aromatic carbocycles. The van der Waals surface area contributed by atoms with Crippen molar-refractivity contribution in [2.24, 2.45) is 0 Å². The molecule has 4 heteroatoms. The lowest BCUT2D eigenvalue weighted by Gasteiger charge is -2.09. The summed E-state index contributed by atoms with van der Waals surface area (Å²) in [5.74, 6) is -0.296. The van der Waals surface area contributed by atoms with Gasteiger partial charge in [-0.3, -0.25) is 4.79 Å². The van der Waals surface area contributed by atoms with Gasteiger partial charge in [-0.2, -0.15) is 0 Å². The van der Waals surface area contributed by atoms with Gasteiger partial charge in [0.1, 0.15) is 0 Å². The van der Waals surface area contributed by atoms with Crippen LogP contribution in [0.1, 0.15) is 13.3 Å². The fourth-order valence-corrected chi connectivity index (χ4v) is 1.51. The zero-order valence-corrected chi connectivity index (χ0v) is 6.80. The molecule has 0 amide bonds. The zero-order chi connectivity index (χ0) is 8.59. The molecule has 2 atom stereocenters. The second-order valence-electron chi connectivity index (χ2n) is 2.59. The Labute approximate surface area is 69.3 Å². The van der Waals surface area contributed by atoms with Gasteiger partial charge in [0.15, 0.2) is 5.78 Å². The summed E-state index contributed by atoms with van der Waals surface area (Å²) in [5.41, 5.74) is 0.247. The number of ketones is 1. The van der Waals surface area contributed by atoms with Gasteiger partial charge in [0.25, 0.3) is 0 Å². The average Bonchev–Trinajstić information content (AvgIpc) is 2.07. The van der Waals surface area contributed by atoms with Crippen LogP contribution < -0.4 is 0 Å². The maximum Gasteiger partial charge on any atom is 0.177 e. The highest BCUT2D eigenvalue weighted by molar-refractivity contribution is 6.43. The second kappa shape index (κ2) is 2.93. The fraction of sp³-hybridized carbons (Fsp3) is 0.571. The van der Waals surface area contributed by atoms with E-state index < -0.39 is 12.2 Å². The van der Waals surface area contributed by atoms with Gasteiger partial charge in [0.05, 0.1) is 17.2 Å². The molecule has 62 valence electrons. The van der Waals surface area contributed by atoms with Crippen molar-refractivity contribution in [1.29, 1.82) is 0 Å². The Kier molecular flexibility index (Phi) is 2.32. The second-order valence-corrected chi connectivity index (χ2v) is 2.97. The smallest absolute Gasteiger partial charge is 0.177 e. The number of carbonyl (C=O) groups is 1. The van der Waals surface area contributed by atoms with E-state index in [0.29, 0.717) is 0 Å². The van der Waals surface area contributed by atoms with Crippen molar-refractivity contribution in [1.82, 2.24) is 0 Å². The summed E-state index contributed by atoms with van der Waals surface area (Å²) in [6.45, 7) is 1.47. The molecule has 0 unspecified atom stereocenters. The van der Waals surface area contributed by atoms with Gasteiger partial charge in [0, 0.05) is 12.0 Å². The van der Waals surface area contributed by atoms with E-state index in [1.807, 2.05) is 0 Å². The molecule has 1 aliphatic carbocycles. The monoisotopic (exact) mass is 176 g/mol. The van der Waals surface area contributed by atoms with Crippen LogP contribution in [0.2, 0.25) is 0 Å². The molecule has 0 aromatic heterocycles. The summed E-state index contributed by atoms with van der Waals surface area (Å²) in [7, 11) is 0.